The predicted molar refractivity (Wildman–Crippen MR) is 181 cm³/mol. The number of fused-ring (bicyclic) bond motifs is 2. The standard InChI is InChI=1S/C35H43ClFN7O2/c1-24(11-14-41-20-26(37)21-41)34(45)43-18-16-42(17-19-43)33-28-12-15-44(31-10-4-7-25-6-3-9-29(36)32(25)31)22-30(28)38-35(39-33)46-23-27-8-5-13-40(27)2/h3-4,6-7,9-11,26-27H,5,8,12-23H2,1-2H3/b24-11+/t27-/m0/s1. The van der Waals surface area contributed by atoms with E-state index in [9.17, 15) is 9.18 Å². The summed E-state index contributed by atoms with van der Waals surface area (Å²) in [6.07, 6.45) is 4.29. The van der Waals surface area contributed by atoms with Crippen molar-refractivity contribution in [1.82, 2.24) is 24.7 Å². The average Bonchev–Trinajstić information content (AvgIpc) is 3.48. The average molecular weight is 648 g/mol. The van der Waals surface area contributed by atoms with Crippen LogP contribution in [0.2, 0.25) is 5.02 Å². The Morgan fingerprint density at radius 3 is 2.57 bits per heavy atom. The normalized spacial score (nSPS) is 21.5. The molecule has 0 spiro atoms. The number of likely N-dealkylation sites (N-methyl/N-ethyl adjacent to an activating group) is 1. The molecule has 0 aliphatic carbocycles. The maximum Gasteiger partial charge on any atom is 0.318 e. The highest BCUT2D eigenvalue weighted by molar-refractivity contribution is 6.36. The molecule has 1 amide bonds. The van der Waals surface area contributed by atoms with Crippen LogP contribution in [-0.2, 0) is 17.8 Å². The number of hydrogen-bond donors (Lipinski definition) is 0. The highest BCUT2D eigenvalue weighted by Gasteiger charge is 2.31. The van der Waals surface area contributed by atoms with E-state index in [0.717, 1.165) is 70.1 Å². The van der Waals surface area contributed by atoms with Gasteiger partial charge in [0.25, 0.3) is 0 Å². The van der Waals surface area contributed by atoms with Crippen molar-refractivity contribution in [2.45, 2.75) is 44.9 Å². The van der Waals surface area contributed by atoms with Gasteiger partial charge >= 0.3 is 6.01 Å². The van der Waals surface area contributed by atoms with Gasteiger partial charge in [-0.15, -0.1) is 0 Å². The number of nitrogens with zero attached hydrogens (tertiary/aromatic N) is 7. The number of piperazine rings is 1. The molecule has 4 aliphatic rings. The number of halogens is 2. The van der Waals surface area contributed by atoms with Crippen LogP contribution in [0.3, 0.4) is 0 Å². The smallest absolute Gasteiger partial charge is 0.318 e. The Kier molecular flexibility index (Phi) is 9.03. The minimum Gasteiger partial charge on any atom is -0.462 e. The van der Waals surface area contributed by atoms with Crippen LogP contribution in [0, 0.1) is 0 Å². The van der Waals surface area contributed by atoms with Crippen LogP contribution in [0.4, 0.5) is 15.9 Å². The lowest BCUT2D eigenvalue weighted by Crippen LogP contribution is -2.50. The second-order valence-corrected chi connectivity index (χ2v) is 13.5. The number of alkyl halides is 1. The summed E-state index contributed by atoms with van der Waals surface area (Å²) in [5, 5.41) is 2.93. The van der Waals surface area contributed by atoms with E-state index in [1.165, 1.54) is 6.42 Å². The molecule has 1 aromatic heterocycles. The van der Waals surface area contributed by atoms with Gasteiger partial charge in [-0.3, -0.25) is 9.69 Å². The van der Waals surface area contributed by atoms with Crippen molar-refractivity contribution in [1.29, 1.82) is 0 Å². The van der Waals surface area contributed by atoms with Gasteiger partial charge in [0.05, 0.1) is 17.3 Å². The second-order valence-electron chi connectivity index (χ2n) is 13.1. The summed E-state index contributed by atoms with van der Waals surface area (Å²) in [4.78, 5) is 34.2. The molecule has 244 valence electrons. The van der Waals surface area contributed by atoms with E-state index in [0.29, 0.717) is 71.0 Å². The summed E-state index contributed by atoms with van der Waals surface area (Å²) < 4.78 is 19.5. The highest BCUT2D eigenvalue weighted by Crippen LogP contribution is 2.37. The minimum absolute atomic E-state index is 0.0517. The fraction of sp³-hybridized carbons (Fsp3) is 0.514. The Labute approximate surface area is 275 Å². The summed E-state index contributed by atoms with van der Waals surface area (Å²) >= 11 is 6.72. The number of carbonyl (C=O) groups is 1. The van der Waals surface area contributed by atoms with Crippen LogP contribution < -0.4 is 14.5 Å². The topological polar surface area (TPSA) is 68.3 Å². The van der Waals surface area contributed by atoms with Gasteiger partial charge < -0.3 is 24.3 Å². The number of carbonyl (C=O) groups excluding carboxylic acids is 1. The highest BCUT2D eigenvalue weighted by atomic mass is 35.5. The number of ether oxygens (including phenoxy) is 1. The van der Waals surface area contributed by atoms with Crippen molar-refractivity contribution in [3.05, 3.63) is 64.3 Å². The Bertz CT molecular complexity index is 1620. The molecular weight excluding hydrogens is 605 g/mol. The second kappa shape index (κ2) is 13.3. The Hall–Kier alpha value is -3.47. The van der Waals surface area contributed by atoms with Crippen molar-refractivity contribution in [2.24, 2.45) is 0 Å². The van der Waals surface area contributed by atoms with Gasteiger partial charge in [0.2, 0.25) is 5.91 Å². The van der Waals surface area contributed by atoms with E-state index >= 15 is 0 Å². The number of likely N-dealkylation sites (tertiary alicyclic amines) is 2. The maximum atomic E-state index is 13.2. The zero-order chi connectivity index (χ0) is 31.8. The van der Waals surface area contributed by atoms with Crippen LogP contribution in [0.25, 0.3) is 10.8 Å². The van der Waals surface area contributed by atoms with Crippen molar-refractivity contribution < 1.29 is 13.9 Å². The summed E-state index contributed by atoms with van der Waals surface area (Å²) in [6.45, 7) is 9.10. The number of amides is 1. The molecule has 11 heteroatoms. The third-order valence-electron chi connectivity index (χ3n) is 10.0. The molecule has 5 heterocycles. The molecule has 0 saturated carbocycles. The lowest BCUT2D eigenvalue weighted by Gasteiger charge is -2.38. The van der Waals surface area contributed by atoms with Crippen LogP contribution in [-0.4, -0.2) is 115 Å². The van der Waals surface area contributed by atoms with Gasteiger partial charge in [-0.05, 0) is 57.3 Å². The van der Waals surface area contributed by atoms with E-state index in [4.69, 9.17) is 26.3 Å². The van der Waals surface area contributed by atoms with Gasteiger partial charge in [0, 0.05) is 80.6 Å². The third kappa shape index (κ3) is 6.39. The molecule has 9 nitrogen and oxygen atoms in total. The van der Waals surface area contributed by atoms with Gasteiger partial charge in [-0.2, -0.15) is 9.97 Å². The lowest BCUT2D eigenvalue weighted by atomic mass is 10.0. The molecule has 3 aromatic rings. The summed E-state index contributed by atoms with van der Waals surface area (Å²) in [6, 6.07) is 13.2. The van der Waals surface area contributed by atoms with Gasteiger partial charge in [0.1, 0.15) is 18.6 Å². The number of aromatic nitrogens is 2. The van der Waals surface area contributed by atoms with Gasteiger partial charge in [-0.25, -0.2) is 4.39 Å². The number of hydrogen-bond acceptors (Lipinski definition) is 8. The van der Waals surface area contributed by atoms with Crippen molar-refractivity contribution >= 4 is 39.8 Å². The summed E-state index contributed by atoms with van der Waals surface area (Å²) in [5.74, 6) is 0.976. The van der Waals surface area contributed by atoms with Gasteiger partial charge in [-0.1, -0.05) is 41.9 Å². The molecule has 3 saturated heterocycles. The van der Waals surface area contributed by atoms with Crippen LogP contribution >= 0.6 is 11.6 Å². The van der Waals surface area contributed by atoms with E-state index in [1.54, 1.807) is 0 Å². The molecule has 0 radical (unpaired) electrons. The summed E-state index contributed by atoms with van der Waals surface area (Å²) in [5.41, 5.74) is 3.97. The largest absolute Gasteiger partial charge is 0.462 e. The van der Waals surface area contributed by atoms with Crippen molar-refractivity contribution in [3.8, 4) is 6.01 Å². The van der Waals surface area contributed by atoms with Gasteiger partial charge in [0.15, 0.2) is 0 Å². The van der Waals surface area contributed by atoms with Crippen molar-refractivity contribution in [2.75, 3.05) is 82.4 Å². The fourth-order valence-electron chi connectivity index (χ4n) is 7.20. The number of benzene rings is 2. The zero-order valence-electron chi connectivity index (χ0n) is 26.8. The molecule has 46 heavy (non-hydrogen) atoms. The first-order valence-electron chi connectivity index (χ1n) is 16.6. The third-order valence-corrected chi connectivity index (χ3v) is 10.4. The Morgan fingerprint density at radius 2 is 1.83 bits per heavy atom. The van der Waals surface area contributed by atoms with Crippen LogP contribution in [0.1, 0.15) is 31.0 Å². The maximum absolute atomic E-state index is 13.2. The summed E-state index contributed by atoms with van der Waals surface area (Å²) in [7, 11) is 2.15. The molecule has 2 aromatic carbocycles. The van der Waals surface area contributed by atoms with Crippen molar-refractivity contribution in [3.63, 3.8) is 0 Å². The first-order valence-corrected chi connectivity index (χ1v) is 16.9. The van der Waals surface area contributed by atoms with E-state index < -0.39 is 6.17 Å². The molecule has 7 rings (SSSR count). The van der Waals surface area contributed by atoms with Crippen LogP contribution in [0.15, 0.2) is 48.0 Å². The minimum atomic E-state index is -0.736. The molecular formula is C35H43ClFN7O2. The molecule has 4 aliphatic heterocycles. The Balaban J connectivity index is 1.11. The molecule has 0 bridgehead atoms. The first kappa shape index (κ1) is 31.1. The van der Waals surface area contributed by atoms with E-state index in [1.807, 2.05) is 34.9 Å². The van der Waals surface area contributed by atoms with E-state index in [-0.39, 0.29) is 5.91 Å². The predicted octanol–water partition coefficient (Wildman–Crippen LogP) is 4.57. The number of anilines is 2. The van der Waals surface area contributed by atoms with E-state index in [2.05, 4.69) is 46.0 Å². The number of rotatable bonds is 8. The monoisotopic (exact) mass is 647 g/mol. The fourth-order valence-corrected chi connectivity index (χ4v) is 7.48. The Morgan fingerprint density at radius 1 is 1.04 bits per heavy atom. The molecule has 1 atom stereocenters. The lowest BCUT2D eigenvalue weighted by molar-refractivity contribution is -0.127. The molecule has 0 N–H and O–H groups in total. The van der Waals surface area contributed by atoms with Crippen LogP contribution in [0.5, 0.6) is 6.01 Å². The first-order chi connectivity index (χ1) is 22.3. The molecule has 3 fully saturated rings. The zero-order valence-corrected chi connectivity index (χ0v) is 27.6. The quantitative estimate of drug-likeness (QED) is 0.330. The molecule has 0 unspecified atom stereocenters. The SMILES string of the molecule is C/C(=C\CN1CC(F)C1)C(=O)N1CCN(c2nc(OC[C@@H]3CCCN3C)nc3c2CCN(c2cccc4cccc(Cl)c24)C3)CC1.